The van der Waals surface area contributed by atoms with Crippen molar-refractivity contribution in [1.29, 1.82) is 0 Å². The van der Waals surface area contributed by atoms with E-state index in [-0.39, 0.29) is 17.4 Å². The van der Waals surface area contributed by atoms with Gasteiger partial charge in [0.2, 0.25) is 0 Å². The summed E-state index contributed by atoms with van der Waals surface area (Å²) >= 11 is 0. The van der Waals surface area contributed by atoms with Crippen molar-refractivity contribution in [3.05, 3.63) is 29.1 Å². The molecular formula is C12H13FO6. The second-order valence-corrected chi connectivity index (χ2v) is 3.85. The van der Waals surface area contributed by atoms with E-state index in [1.807, 2.05) is 0 Å². The molecule has 3 N–H and O–H groups in total. The van der Waals surface area contributed by atoms with Gasteiger partial charge in [0, 0.05) is 0 Å². The van der Waals surface area contributed by atoms with E-state index in [1.54, 1.807) is 0 Å². The third-order valence-corrected chi connectivity index (χ3v) is 2.55. The average Bonchev–Trinajstić information content (AvgIpc) is 2.40. The topological polar surface area (TPSA) is 104 Å². The monoisotopic (exact) mass is 272 g/mol. The molecule has 1 aromatic rings. The molecule has 19 heavy (non-hydrogen) atoms. The Balaban J connectivity index is 2.99. The Hall–Kier alpha value is -1.99. The highest BCUT2D eigenvalue weighted by atomic mass is 19.1. The van der Waals surface area contributed by atoms with E-state index in [4.69, 9.17) is 0 Å². The molecule has 0 spiro atoms. The second kappa shape index (κ2) is 6.26. The number of hydrogen-bond donors (Lipinski definition) is 3. The molecule has 0 aromatic heterocycles. The molecule has 1 aromatic carbocycles. The number of carbonyl (C=O) groups is 2. The smallest absolute Gasteiger partial charge is 0.308 e. The first-order valence-electron chi connectivity index (χ1n) is 5.31. The summed E-state index contributed by atoms with van der Waals surface area (Å²) in [5, 5.41) is 28.5. The van der Waals surface area contributed by atoms with Crippen LogP contribution < -0.4 is 0 Å². The molecule has 0 amide bonds. The second-order valence-electron chi connectivity index (χ2n) is 3.85. The zero-order chi connectivity index (χ0) is 14.6. The number of aliphatic hydroxyl groups excluding tert-OH is 2. The maximum Gasteiger partial charge on any atom is 0.308 e. The number of rotatable bonds is 5. The van der Waals surface area contributed by atoms with Gasteiger partial charge in [-0.2, -0.15) is 0 Å². The predicted molar refractivity (Wildman–Crippen MR) is 61.1 cm³/mol. The van der Waals surface area contributed by atoms with E-state index in [0.717, 1.165) is 19.2 Å². The van der Waals surface area contributed by atoms with Crippen LogP contribution in [0.5, 0.6) is 5.75 Å². The van der Waals surface area contributed by atoms with Gasteiger partial charge in [-0.3, -0.25) is 9.59 Å². The van der Waals surface area contributed by atoms with Crippen molar-refractivity contribution in [3.8, 4) is 5.75 Å². The number of aliphatic hydroxyl groups is 2. The van der Waals surface area contributed by atoms with Crippen LogP contribution in [0.25, 0.3) is 0 Å². The van der Waals surface area contributed by atoms with Gasteiger partial charge in [0.15, 0.2) is 17.9 Å². The Morgan fingerprint density at radius 3 is 2.63 bits per heavy atom. The van der Waals surface area contributed by atoms with Crippen molar-refractivity contribution < 1.29 is 34.0 Å². The highest BCUT2D eigenvalue weighted by Gasteiger charge is 2.24. The number of phenols is 1. The molecule has 0 bridgehead atoms. The lowest BCUT2D eigenvalue weighted by Gasteiger charge is -2.17. The number of aromatic hydroxyl groups is 1. The molecule has 2 unspecified atom stereocenters. The van der Waals surface area contributed by atoms with Crippen LogP contribution in [0.2, 0.25) is 0 Å². The van der Waals surface area contributed by atoms with Crippen molar-refractivity contribution in [3.63, 3.8) is 0 Å². The normalized spacial score (nSPS) is 13.7. The van der Waals surface area contributed by atoms with Gasteiger partial charge in [0.1, 0.15) is 6.10 Å². The molecular weight excluding hydrogens is 259 g/mol. The van der Waals surface area contributed by atoms with Crippen molar-refractivity contribution in [1.82, 2.24) is 0 Å². The number of aldehydes is 1. The lowest BCUT2D eigenvalue weighted by Crippen LogP contribution is -2.22. The molecule has 7 heteroatoms. The van der Waals surface area contributed by atoms with Crippen molar-refractivity contribution in [2.24, 2.45) is 0 Å². The summed E-state index contributed by atoms with van der Waals surface area (Å²) in [6.45, 7) is 0. The number of phenolic OH excluding ortho intramolecular Hbond substituents is 1. The third-order valence-electron chi connectivity index (χ3n) is 2.55. The maximum atomic E-state index is 13.3. The van der Waals surface area contributed by atoms with E-state index in [2.05, 4.69) is 4.74 Å². The first-order chi connectivity index (χ1) is 8.90. The summed E-state index contributed by atoms with van der Waals surface area (Å²) < 4.78 is 17.6. The lowest BCUT2D eigenvalue weighted by molar-refractivity contribution is -0.144. The number of hydrogen-bond acceptors (Lipinski definition) is 6. The molecule has 6 nitrogen and oxygen atoms in total. The molecule has 2 atom stereocenters. The minimum atomic E-state index is -1.59. The number of carbonyl (C=O) groups excluding carboxylic acids is 2. The first kappa shape index (κ1) is 15.1. The van der Waals surface area contributed by atoms with Crippen LogP contribution in [-0.4, -0.2) is 40.8 Å². The molecule has 104 valence electrons. The summed E-state index contributed by atoms with van der Waals surface area (Å²) in [4.78, 5) is 21.5. The molecule has 0 aliphatic heterocycles. The van der Waals surface area contributed by atoms with E-state index in [9.17, 15) is 29.3 Å². The molecule has 0 saturated heterocycles. The summed E-state index contributed by atoms with van der Waals surface area (Å²) in [5.74, 6) is -2.70. The Labute approximate surface area is 108 Å². The van der Waals surface area contributed by atoms with Crippen molar-refractivity contribution >= 4 is 12.3 Å². The summed E-state index contributed by atoms with van der Waals surface area (Å²) in [6.07, 6.45) is -3.39. The summed E-state index contributed by atoms with van der Waals surface area (Å²) in [5.41, 5.74) is -0.492. The third kappa shape index (κ3) is 3.49. The number of ether oxygens (including phenoxy) is 1. The van der Waals surface area contributed by atoms with Gasteiger partial charge in [-0.1, -0.05) is 0 Å². The van der Waals surface area contributed by atoms with E-state index >= 15 is 0 Å². The minimum Gasteiger partial charge on any atom is -0.504 e. The number of benzene rings is 1. The standard InChI is InChI=1S/C12H13FO6/c1-19-10(16)4-9(15)12(18)6-2-7(5-14)11(17)8(13)3-6/h2-3,5,9,12,15,17-18H,4H2,1H3. The molecule has 1 rings (SSSR count). The Morgan fingerprint density at radius 2 is 2.11 bits per heavy atom. The predicted octanol–water partition coefficient (Wildman–Crippen LogP) is 0.301. The first-order valence-corrected chi connectivity index (χ1v) is 5.31. The fourth-order valence-corrected chi connectivity index (χ4v) is 1.49. The zero-order valence-electron chi connectivity index (χ0n) is 10.0. The zero-order valence-corrected chi connectivity index (χ0v) is 10.0. The van der Waals surface area contributed by atoms with Crippen LogP contribution in [0, 0.1) is 5.82 Å². The number of esters is 1. The van der Waals surface area contributed by atoms with Crippen LogP contribution in [0.15, 0.2) is 12.1 Å². The highest BCUT2D eigenvalue weighted by Crippen LogP contribution is 2.27. The Kier molecular flexibility index (Phi) is 4.96. The number of methoxy groups -OCH3 is 1. The Morgan fingerprint density at radius 1 is 1.47 bits per heavy atom. The van der Waals surface area contributed by atoms with Crippen LogP contribution in [0.3, 0.4) is 0 Å². The van der Waals surface area contributed by atoms with Gasteiger partial charge in [0.25, 0.3) is 0 Å². The molecule has 0 aliphatic rings. The maximum absolute atomic E-state index is 13.3. The van der Waals surface area contributed by atoms with Crippen molar-refractivity contribution in [2.45, 2.75) is 18.6 Å². The van der Waals surface area contributed by atoms with E-state index in [1.165, 1.54) is 0 Å². The molecule has 0 aliphatic carbocycles. The van der Waals surface area contributed by atoms with E-state index < -0.39 is 36.2 Å². The van der Waals surface area contributed by atoms with Gasteiger partial charge < -0.3 is 20.1 Å². The van der Waals surface area contributed by atoms with Crippen LogP contribution >= 0.6 is 0 Å². The summed E-state index contributed by atoms with van der Waals surface area (Å²) in [7, 11) is 1.12. The quantitative estimate of drug-likeness (QED) is 0.526. The van der Waals surface area contributed by atoms with Gasteiger partial charge in [-0.25, -0.2) is 4.39 Å². The lowest BCUT2D eigenvalue weighted by atomic mass is 9.99. The van der Waals surface area contributed by atoms with Crippen LogP contribution in [0.1, 0.15) is 28.4 Å². The fourth-order valence-electron chi connectivity index (χ4n) is 1.49. The van der Waals surface area contributed by atoms with Gasteiger partial charge in [0.05, 0.1) is 25.2 Å². The van der Waals surface area contributed by atoms with Gasteiger partial charge in [-0.15, -0.1) is 0 Å². The Bertz CT molecular complexity index is 487. The van der Waals surface area contributed by atoms with Gasteiger partial charge >= 0.3 is 5.97 Å². The highest BCUT2D eigenvalue weighted by molar-refractivity contribution is 5.79. The van der Waals surface area contributed by atoms with Crippen LogP contribution in [-0.2, 0) is 9.53 Å². The number of halogens is 1. The van der Waals surface area contributed by atoms with E-state index in [0.29, 0.717) is 0 Å². The largest absolute Gasteiger partial charge is 0.504 e. The molecule has 0 fully saturated rings. The molecule has 0 heterocycles. The van der Waals surface area contributed by atoms with Crippen LogP contribution in [0.4, 0.5) is 4.39 Å². The fraction of sp³-hybridized carbons (Fsp3) is 0.333. The molecule has 0 saturated carbocycles. The SMILES string of the molecule is COC(=O)CC(O)C(O)c1cc(F)c(O)c(C=O)c1. The average molecular weight is 272 g/mol. The van der Waals surface area contributed by atoms with Gasteiger partial charge in [-0.05, 0) is 17.7 Å². The van der Waals surface area contributed by atoms with Crippen molar-refractivity contribution in [2.75, 3.05) is 7.11 Å². The molecule has 0 radical (unpaired) electrons. The summed E-state index contributed by atoms with van der Waals surface area (Å²) in [6, 6.07) is 1.80. The minimum absolute atomic E-state index is 0.131.